The minimum atomic E-state index is 0.309. The molecule has 0 saturated carbocycles. The van der Waals surface area contributed by atoms with E-state index in [-0.39, 0.29) is 0 Å². The topological polar surface area (TPSA) is 35.0 Å². The number of benzene rings is 1. The van der Waals surface area contributed by atoms with E-state index in [2.05, 4.69) is 9.97 Å². The van der Waals surface area contributed by atoms with Gasteiger partial charge in [0.15, 0.2) is 0 Å². The first kappa shape index (κ1) is 12.2. The van der Waals surface area contributed by atoms with Crippen molar-refractivity contribution in [2.75, 3.05) is 12.4 Å². The van der Waals surface area contributed by atoms with Crippen LogP contribution in [-0.2, 0) is 4.74 Å². The number of hydrogen-bond acceptors (Lipinski definition) is 4. The minimum absolute atomic E-state index is 0.309. The Morgan fingerprint density at radius 3 is 3.06 bits per heavy atom. The van der Waals surface area contributed by atoms with Crippen LogP contribution in [0.3, 0.4) is 0 Å². The molecule has 0 radical (unpaired) electrons. The molecule has 1 saturated heterocycles. The fourth-order valence-corrected chi connectivity index (χ4v) is 3.39. The molecule has 1 fully saturated rings. The first-order valence-corrected chi connectivity index (χ1v) is 7.36. The Labute approximate surface area is 115 Å². The lowest BCUT2D eigenvalue weighted by Gasteiger charge is -2.09. The van der Waals surface area contributed by atoms with E-state index in [1.807, 2.05) is 24.3 Å². The van der Waals surface area contributed by atoms with E-state index in [0.29, 0.717) is 11.4 Å². The van der Waals surface area contributed by atoms with E-state index in [1.165, 1.54) is 0 Å². The van der Waals surface area contributed by atoms with Crippen molar-refractivity contribution in [1.82, 2.24) is 9.97 Å². The monoisotopic (exact) mass is 280 g/mol. The molecule has 94 valence electrons. The van der Waals surface area contributed by atoms with E-state index in [1.54, 1.807) is 11.8 Å². The first-order chi connectivity index (χ1) is 8.83. The van der Waals surface area contributed by atoms with Crippen molar-refractivity contribution >= 4 is 34.3 Å². The zero-order valence-corrected chi connectivity index (χ0v) is 11.4. The van der Waals surface area contributed by atoms with Crippen LogP contribution in [0.25, 0.3) is 10.9 Å². The predicted molar refractivity (Wildman–Crippen MR) is 74.2 cm³/mol. The zero-order chi connectivity index (χ0) is 12.4. The Hall–Kier alpha value is -0.840. The summed E-state index contributed by atoms with van der Waals surface area (Å²) in [4.78, 5) is 8.55. The molecule has 5 heteroatoms. The molecule has 1 atom stereocenters. The highest BCUT2D eigenvalue weighted by atomic mass is 35.5. The number of aromatic nitrogens is 2. The maximum Gasteiger partial charge on any atom is 0.224 e. The van der Waals surface area contributed by atoms with E-state index in [4.69, 9.17) is 16.3 Å². The van der Waals surface area contributed by atoms with Gasteiger partial charge in [0.1, 0.15) is 5.03 Å². The molecule has 1 aromatic carbocycles. The summed E-state index contributed by atoms with van der Waals surface area (Å²) in [5, 5.41) is 2.31. The van der Waals surface area contributed by atoms with Crippen molar-refractivity contribution in [3.8, 4) is 0 Å². The summed E-state index contributed by atoms with van der Waals surface area (Å²) < 4.78 is 5.62. The maximum absolute atomic E-state index is 5.95. The first-order valence-electron chi connectivity index (χ1n) is 5.99. The molecule has 1 aliphatic rings. The molecule has 1 aromatic heterocycles. The highest BCUT2D eigenvalue weighted by Crippen LogP contribution is 2.28. The number of hydrogen-bond donors (Lipinski definition) is 0. The van der Waals surface area contributed by atoms with Crippen molar-refractivity contribution in [3.05, 3.63) is 29.5 Å². The SMILES string of the molecule is Clc1nc(SCC2CCCO2)c2ccccc2n1. The fourth-order valence-electron chi connectivity index (χ4n) is 2.08. The van der Waals surface area contributed by atoms with Crippen LogP contribution >= 0.6 is 23.4 Å². The second-order valence-electron chi connectivity index (χ2n) is 4.26. The molecule has 2 heterocycles. The Bertz CT molecular complexity index is 558. The van der Waals surface area contributed by atoms with Gasteiger partial charge in [-0.3, -0.25) is 0 Å². The van der Waals surface area contributed by atoms with Crippen molar-refractivity contribution in [3.63, 3.8) is 0 Å². The van der Waals surface area contributed by atoms with Gasteiger partial charge in [0.2, 0.25) is 5.28 Å². The van der Waals surface area contributed by atoms with Crippen molar-refractivity contribution in [2.24, 2.45) is 0 Å². The summed E-state index contributed by atoms with van der Waals surface area (Å²) in [6.07, 6.45) is 2.66. The summed E-state index contributed by atoms with van der Waals surface area (Å²) in [6, 6.07) is 7.94. The normalized spacial score (nSPS) is 19.5. The van der Waals surface area contributed by atoms with Gasteiger partial charge in [-0.2, -0.15) is 0 Å². The summed E-state index contributed by atoms with van der Waals surface area (Å²) in [5.41, 5.74) is 0.896. The van der Waals surface area contributed by atoms with Crippen molar-refractivity contribution < 1.29 is 4.74 Å². The van der Waals surface area contributed by atoms with Crippen LogP contribution < -0.4 is 0 Å². The third-order valence-electron chi connectivity index (χ3n) is 2.97. The van der Waals surface area contributed by atoms with Gasteiger partial charge < -0.3 is 4.74 Å². The van der Waals surface area contributed by atoms with Gasteiger partial charge in [-0.1, -0.05) is 18.2 Å². The highest BCUT2D eigenvalue weighted by molar-refractivity contribution is 7.99. The molecule has 0 aliphatic carbocycles. The zero-order valence-electron chi connectivity index (χ0n) is 9.80. The lowest BCUT2D eigenvalue weighted by molar-refractivity contribution is 0.129. The number of halogens is 1. The Morgan fingerprint density at radius 2 is 2.22 bits per heavy atom. The smallest absolute Gasteiger partial charge is 0.224 e. The summed E-state index contributed by atoms with van der Waals surface area (Å²) in [6.45, 7) is 0.885. The minimum Gasteiger partial charge on any atom is -0.377 e. The molecule has 3 rings (SSSR count). The Morgan fingerprint density at radius 1 is 1.33 bits per heavy atom. The van der Waals surface area contributed by atoms with Crippen LogP contribution in [0.4, 0.5) is 0 Å². The quantitative estimate of drug-likeness (QED) is 0.489. The summed E-state index contributed by atoms with van der Waals surface area (Å²) >= 11 is 7.65. The molecule has 0 amide bonds. The van der Waals surface area contributed by atoms with Crippen molar-refractivity contribution in [2.45, 2.75) is 24.0 Å². The van der Waals surface area contributed by atoms with Gasteiger partial charge in [-0.25, -0.2) is 9.97 Å². The second-order valence-corrected chi connectivity index (χ2v) is 5.61. The Kier molecular flexibility index (Phi) is 3.68. The van der Waals surface area contributed by atoms with Gasteiger partial charge in [0.25, 0.3) is 0 Å². The van der Waals surface area contributed by atoms with Gasteiger partial charge >= 0.3 is 0 Å². The number of nitrogens with zero attached hydrogens (tertiary/aromatic N) is 2. The number of fused-ring (bicyclic) bond motifs is 1. The molecule has 18 heavy (non-hydrogen) atoms. The van der Waals surface area contributed by atoms with Gasteiger partial charge in [0, 0.05) is 17.7 Å². The molecule has 1 unspecified atom stereocenters. The largest absolute Gasteiger partial charge is 0.377 e. The number of para-hydroxylation sites is 1. The average Bonchev–Trinajstić information content (AvgIpc) is 2.89. The van der Waals surface area contributed by atoms with E-state index in [0.717, 1.165) is 41.1 Å². The molecular weight excluding hydrogens is 268 g/mol. The fraction of sp³-hybridized carbons (Fsp3) is 0.385. The van der Waals surface area contributed by atoms with E-state index in [9.17, 15) is 0 Å². The summed E-state index contributed by atoms with van der Waals surface area (Å²) in [7, 11) is 0. The third kappa shape index (κ3) is 2.60. The molecule has 0 bridgehead atoms. The molecule has 0 spiro atoms. The lowest BCUT2D eigenvalue weighted by Crippen LogP contribution is -2.08. The highest BCUT2D eigenvalue weighted by Gasteiger charge is 2.17. The lowest BCUT2D eigenvalue weighted by atomic mass is 10.2. The van der Waals surface area contributed by atoms with Gasteiger partial charge in [-0.05, 0) is 30.5 Å². The third-order valence-corrected chi connectivity index (χ3v) is 4.26. The molecule has 1 aliphatic heterocycles. The number of thioether (sulfide) groups is 1. The van der Waals surface area contributed by atoms with Crippen LogP contribution in [-0.4, -0.2) is 28.4 Å². The van der Waals surface area contributed by atoms with Gasteiger partial charge in [0.05, 0.1) is 11.6 Å². The second kappa shape index (κ2) is 5.43. The van der Waals surface area contributed by atoms with Crippen LogP contribution in [0.2, 0.25) is 5.28 Å². The van der Waals surface area contributed by atoms with Gasteiger partial charge in [-0.15, -0.1) is 11.8 Å². The van der Waals surface area contributed by atoms with Crippen LogP contribution in [0.15, 0.2) is 29.3 Å². The van der Waals surface area contributed by atoms with Crippen molar-refractivity contribution in [1.29, 1.82) is 0 Å². The Balaban J connectivity index is 1.85. The van der Waals surface area contributed by atoms with E-state index >= 15 is 0 Å². The molecular formula is C13H13ClN2OS. The van der Waals surface area contributed by atoms with Crippen LogP contribution in [0.1, 0.15) is 12.8 Å². The molecule has 2 aromatic rings. The predicted octanol–water partition coefficient (Wildman–Crippen LogP) is 3.55. The van der Waals surface area contributed by atoms with Crippen LogP contribution in [0.5, 0.6) is 0 Å². The average molecular weight is 281 g/mol. The maximum atomic E-state index is 5.95. The number of ether oxygens (including phenoxy) is 1. The number of rotatable bonds is 3. The van der Waals surface area contributed by atoms with Crippen LogP contribution in [0, 0.1) is 0 Å². The molecule has 3 nitrogen and oxygen atoms in total. The molecule has 0 N–H and O–H groups in total. The van der Waals surface area contributed by atoms with E-state index < -0.39 is 0 Å². The standard InChI is InChI=1S/C13H13ClN2OS/c14-13-15-11-6-2-1-5-10(11)12(16-13)18-8-9-4-3-7-17-9/h1-2,5-6,9H,3-4,7-8H2. The summed E-state index contributed by atoms with van der Waals surface area (Å²) in [5.74, 6) is 0.928.